The van der Waals surface area contributed by atoms with Gasteiger partial charge < -0.3 is 0 Å². The summed E-state index contributed by atoms with van der Waals surface area (Å²) in [5.74, 6) is 0. The average Bonchev–Trinajstić information content (AvgIpc) is 2.90. The zero-order chi connectivity index (χ0) is 11.1. The van der Waals surface area contributed by atoms with Crippen molar-refractivity contribution in [3.8, 4) is 10.6 Å². The van der Waals surface area contributed by atoms with Gasteiger partial charge in [0.2, 0.25) is 4.77 Å². The minimum Gasteiger partial charge on any atom is -0.272 e. The number of H-pyrrole nitrogens is 2. The van der Waals surface area contributed by atoms with Crippen molar-refractivity contribution in [3.05, 3.63) is 38.7 Å². The standard InChI is InChI=1S/C9H6N4OS2/c14-8-6-4-5(7-2-1-3-16-7)12-13(6)9(15)11-10-8/h1-4H,(H,10,14)(H,11,15). The summed E-state index contributed by atoms with van der Waals surface area (Å²) in [5, 5.41) is 11.3. The molecule has 0 saturated heterocycles. The number of aromatic amines is 2. The summed E-state index contributed by atoms with van der Waals surface area (Å²) in [5.41, 5.74) is 0.974. The molecule has 3 rings (SSSR count). The molecule has 3 aromatic rings. The first-order valence-electron chi connectivity index (χ1n) is 4.50. The fraction of sp³-hybridized carbons (Fsp3) is 0. The summed E-state index contributed by atoms with van der Waals surface area (Å²) in [7, 11) is 0. The maximum atomic E-state index is 11.5. The van der Waals surface area contributed by atoms with Crippen molar-refractivity contribution in [2.75, 3.05) is 0 Å². The van der Waals surface area contributed by atoms with Gasteiger partial charge in [0.15, 0.2) is 0 Å². The van der Waals surface area contributed by atoms with E-state index in [0.29, 0.717) is 10.3 Å². The molecule has 0 aliphatic rings. The predicted molar refractivity (Wildman–Crippen MR) is 64.3 cm³/mol. The highest BCUT2D eigenvalue weighted by atomic mass is 32.1. The fourth-order valence-corrected chi connectivity index (χ4v) is 2.34. The lowest BCUT2D eigenvalue weighted by atomic mass is 10.3. The van der Waals surface area contributed by atoms with Crippen LogP contribution in [0.15, 0.2) is 28.4 Å². The monoisotopic (exact) mass is 250 g/mol. The topological polar surface area (TPSA) is 66.0 Å². The molecule has 3 heterocycles. The molecular formula is C9H6N4OS2. The van der Waals surface area contributed by atoms with E-state index in [9.17, 15) is 4.79 Å². The predicted octanol–water partition coefficient (Wildman–Crippen LogP) is 1.81. The SMILES string of the molecule is O=c1[nH][nH]c(=S)n2nc(-c3cccs3)cc12. The summed E-state index contributed by atoms with van der Waals surface area (Å²) in [6.07, 6.45) is 0. The third-order valence-corrected chi connectivity index (χ3v) is 3.36. The Morgan fingerprint density at radius 3 is 3.00 bits per heavy atom. The maximum Gasteiger partial charge on any atom is 0.288 e. The lowest BCUT2D eigenvalue weighted by Gasteiger charge is -1.90. The van der Waals surface area contributed by atoms with E-state index in [1.807, 2.05) is 17.5 Å². The number of aromatic nitrogens is 4. The summed E-state index contributed by atoms with van der Waals surface area (Å²) in [6, 6.07) is 5.62. The van der Waals surface area contributed by atoms with Crippen LogP contribution >= 0.6 is 23.6 Å². The highest BCUT2D eigenvalue weighted by Crippen LogP contribution is 2.23. The molecule has 3 aromatic heterocycles. The normalized spacial score (nSPS) is 11.0. The van der Waals surface area contributed by atoms with Gasteiger partial charge in [-0.2, -0.15) is 9.61 Å². The van der Waals surface area contributed by atoms with Gasteiger partial charge in [-0.1, -0.05) is 6.07 Å². The second-order valence-electron chi connectivity index (χ2n) is 3.19. The van der Waals surface area contributed by atoms with Crippen LogP contribution in [0.2, 0.25) is 0 Å². The van der Waals surface area contributed by atoms with Gasteiger partial charge in [-0.3, -0.25) is 15.0 Å². The Morgan fingerprint density at radius 2 is 2.31 bits per heavy atom. The molecule has 0 spiro atoms. The molecule has 7 heteroatoms. The number of hydrogen-bond acceptors (Lipinski definition) is 4. The Balaban J connectivity index is 2.40. The molecular weight excluding hydrogens is 244 g/mol. The molecule has 5 nitrogen and oxygen atoms in total. The van der Waals surface area contributed by atoms with E-state index < -0.39 is 0 Å². The molecule has 0 radical (unpaired) electrons. The van der Waals surface area contributed by atoms with Crippen LogP contribution in [0.5, 0.6) is 0 Å². The van der Waals surface area contributed by atoms with Crippen molar-refractivity contribution in [2.45, 2.75) is 0 Å². The number of nitrogens with one attached hydrogen (secondary N) is 2. The zero-order valence-corrected chi connectivity index (χ0v) is 9.56. The highest BCUT2D eigenvalue weighted by Gasteiger charge is 2.08. The lowest BCUT2D eigenvalue weighted by Crippen LogP contribution is -2.12. The minimum atomic E-state index is -0.232. The van der Waals surface area contributed by atoms with Crippen molar-refractivity contribution in [1.82, 2.24) is 19.8 Å². The van der Waals surface area contributed by atoms with E-state index in [2.05, 4.69) is 15.3 Å². The van der Waals surface area contributed by atoms with Crippen LogP contribution < -0.4 is 5.56 Å². The average molecular weight is 250 g/mol. The van der Waals surface area contributed by atoms with Crippen LogP contribution in [0.1, 0.15) is 0 Å². The van der Waals surface area contributed by atoms with Gasteiger partial charge in [0, 0.05) is 0 Å². The Kier molecular flexibility index (Phi) is 2.01. The second-order valence-corrected chi connectivity index (χ2v) is 4.52. The second kappa shape index (κ2) is 3.39. The van der Waals surface area contributed by atoms with Crippen molar-refractivity contribution in [2.24, 2.45) is 0 Å². The molecule has 0 aliphatic heterocycles. The largest absolute Gasteiger partial charge is 0.288 e. The summed E-state index contributed by atoms with van der Waals surface area (Å²) in [6.45, 7) is 0. The first-order chi connectivity index (χ1) is 7.75. The molecule has 0 fully saturated rings. The van der Waals surface area contributed by atoms with Gasteiger partial charge in [-0.25, -0.2) is 0 Å². The summed E-state index contributed by atoms with van der Waals surface area (Å²) >= 11 is 6.60. The molecule has 0 bridgehead atoms. The van der Waals surface area contributed by atoms with Crippen molar-refractivity contribution in [1.29, 1.82) is 0 Å². The van der Waals surface area contributed by atoms with E-state index in [1.165, 1.54) is 4.52 Å². The summed E-state index contributed by atoms with van der Waals surface area (Å²) < 4.78 is 1.81. The summed E-state index contributed by atoms with van der Waals surface area (Å²) in [4.78, 5) is 12.5. The Labute approximate surface area is 98.4 Å². The van der Waals surface area contributed by atoms with Crippen molar-refractivity contribution < 1.29 is 0 Å². The van der Waals surface area contributed by atoms with Gasteiger partial charge in [-0.15, -0.1) is 11.3 Å². The number of rotatable bonds is 1. The molecule has 0 saturated carbocycles. The van der Waals surface area contributed by atoms with Crippen LogP contribution in [0.3, 0.4) is 0 Å². The van der Waals surface area contributed by atoms with Crippen LogP contribution in [-0.4, -0.2) is 19.8 Å². The van der Waals surface area contributed by atoms with Gasteiger partial charge in [0.05, 0.1) is 4.88 Å². The molecule has 16 heavy (non-hydrogen) atoms. The van der Waals surface area contributed by atoms with Crippen LogP contribution in [0.25, 0.3) is 16.1 Å². The highest BCUT2D eigenvalue weighted by molar-refractivity contribution is 7.71. The van der Waals surface area contributed by atoms with E-state index >= 15 is 0 Å². The van der Waals surface area contributed by atoms with Gasteiger partial charge in [0.1, 0.15) is 11.2 Å². The van der Waals surface area contributed by atoms with Gasteiger partial charge in [0.25, 0.3) is 5.56 Å². The number of nitrogens with zero attached hydrogens (tertiary/aromatic N) is 2. The fourth-order valence-electron chi connectivity index (χ4n) is 1.47. The minimum absolute atomic E-state index is 0.232. The molecule has 80 valence electrons. The van der Waals surface area contributed by atoms with E-state index in [1.54, 1.807) is 17.4 Å². The molecule has 0 aromatic carbocycles. The van der Waals surface area contributed by atoms with Crippen LogP contribution in [-0.2, 0) is 0 Å². The lowest BCUT2D eigenvalue weighted by molar-refractivity contribution is 0.829. The Bertz CT molecular complexity index is 703. The van der Waals surface area contributed by atoms with Crippen molar-refractivity contribution in [3.63, 3.8) is 0 Å². The third-order valence-electron chi connectivity index (χ3n) is 2.19. The smallest absolute Gasteiger partial charge is 0.272 e. The van der Waals surface area contributed by atoms with E-state index in [-0.39, 0.29) is 5.56 Å². The van der Waals surface area contributed by atoms with Gasteiger partial charge in [-0.05, 0) is 29.7 Å². The third kappa shape index (κ3) is 1.33. The van der Waals surface area contributed by atoms with Gasteiger partial charge >= 0.3 is 0 Å². The Morgan fingerprint density at radius 1 is 1.44 bits per heavy atom. The number of fused-ring (bicyclic) bond motifs is 1. The van der Waals surface area contributed by atoms with Crippen LogP contribution in [0, 0.1) is 4.77 Å². The zero-order valence-electron chi connectivity index (χ0n) is 7.93. The molecule has 0 amide bonds. The quantitative estimate of drug-likeness (QED) is 0.647. The molecule has 0 unspecified atom stereocenters. The molecule has 0 atom stereocenters. The first-order valence-corrected chi connectivity index (χ1v) is 5.79. The molecule has 2 N–H and O–H groups in total. The Hall–Kier alpha value is -1.73. The van der Waals surface area contributed by atoms with Crippen molar-refractivity contribution >= 4 is 29.1 Å². The number of thiophene rings is 1. The van der Waals surface area contributed by atoms with E-state index in [0.717, 1.165) is 10.6 Å². The first kappa shape index (κ1) is 9.49. The van der Waals surface area contributed by atoms with E-state index in [4.69, 9.17) is 12.2 Å². The molecule has 0 aliphatic carbocycles. The number of hydrogen-bond donors (Lipinski definition) is 2. The maximum absolute atomic E-state index is 11.5. The van der Waals surface area contributed by atoms with Crippen LogP contribution in [0.4, 0.5) is 0 Å².